The largest absolute Gasteiger partial charge is 0.394 e. The maximum absolute atomic E-state index is 8.97. The van der Waals surface area contributed by atoms with Crippen LogP contribution in [0.1, 0.15) is 32.1 Å². The molecule has 2 saturated carbocycles. The molecule has 0 bridgehead atoms. The van der Waals surface area contributed by atoms with E-state index in [9.17, 15) is 0 Å². The van der Waals surface area contributed by atoms with E-state index in [0.29, 0.717) is 5.92 Å². The van der Waals surface area contributed by atoms with E-state index in [0.717, 1.165) is 12.3 Å². The van der Waals surface area contributed by atoms with Crippen LogP contribution in [0, 0.1) is 11.8 Å². The Bertz CT molecular complexity index is 154. The minimum atomic E-state index is -0.172. The lowest BCUT2D eigenvalue weighted by molar-refractivity contribution is 0.235. The van der Waals surface area contributed by atoms with E-state index in [2.05, 4.69) is 0 Å². The molecule has 2 unspecified atom stereocenters. The Hall–Kier alpha value is -0.0800. The van der Waals surface area contributed by atoms with Crippen molar-refractivity contribution in [2.24, 2.45) is 17.6 Å². The summed E-state index contributed by atoms with van der Waals surface area (Å²) in [5.41, 5.74) is 5.75. The van der Waals surface area contributed by atoms with Crippen molar-refractivity contribution in [2.45, 2.75) is 37.6 Å². The van der Waals surface area contributed by atoms with Crippen LogP contribution in [0.3, 0.4) is 0 Å². The third-order valence-corrected chi connectivity index (χ3v) is 3.44. The average molecular weight is 155 g/mol. The molecule has 2 aliphatic rings. The first kappa shape index (κ1) is 7.56. The third-order valence-electron chi connectivity index (χ3n) is 3.44. The Morgan fingerprint density at radius 1 is 1.36 bits per heavy atom. The summed E-state index contributed by atoms with van der Waals surface area (Å²) in [5.74, 6) is 1.49. The van der Waals surface area contributed by atoms with Crippen LogP contribution in [0.5, 0.6) is 0 Å². The molecule has 0 radical (unpaired) electrons. The van der Waals surface area contributed by atoms with Gasteiger partial charge in [0.15, 0.2) is 0 Å². The van der Waals surface area contributed by atoms with Crippen molar-refractivity contribution in [2.75, 3.05) is 6.61 Å². The van der Waals surface area contributed by atoms with E-state index in [-0.39, 0.29) is 12.1 Å². The van der Waals surface area contributed by atoms with Gasteiger partial charge in [-0.1, -0.05) is 25.7 Å². The fraction of sp³-hybridized carbons (Fsp3) is 1.00. The molecular formula is C9H17NO. The van der Waals surface area contributed by atoms with Gasteiger partial charge in [0.1, 0.15) is 0 Å². The van der Waals surface area contributed by atoms with Crippen LogP contribution < -0.4 is 5.73 Å². The predicted molar refractivity (Wildman–Crippen MR) is 44.1 cm³/mol. The second-order valence-electron chi connectivity index (χ2n) is 4.25. The first-order valence-electron chi connectivity index (χ1n) is 4.66. The molecule has 2 nitrogen and oxygen atoms in total. The summed E-state index contributed by atoms with van der Waals surface area (Å²) >= 11 is 0. The van der Waals surface area contributed by atoms with Gasteiger partial charge in [0.2, 0.25) is 0 Å². The maximum atomic E-state index is 8.97. The molecule has 2 atom stereocenters. The van der Waals surface area contributed by atoms with Gasteiger partial charge in [-0.3, -0.25) is 0 Å². The highest BCUT2D eigenvalue weighted by atomic mass is 16.3. The van der Waals surface area contributed by atoms with E-state index in [4.69, 9.17) is 10.8 Å². The molecule has 0 saturated heterocycles. The molecule has 0 aliphatic heterocycles. The molecule has 64 valence electrons. The van der Waals surface area contributed by atoms with Crippen molar-refractivity contribution in [3.8, 4) is 0 Å². The molecule has 2 fully saturated rings. The molecule has 0 aromatic carbocycles. The van der Waals surface area contributed by atoms with Crippen molar-refractivity contribution in [1.82, 2.24) is 0 Å². The summed E-state index contributed by atoms with van der Waals surface area (Å²) in [6, 6.07) is 0. The Morgan fingerprint density at radius 2 is 2.00 bits per heavy atom. The molecule has 0 heterocycles. The predicted octanol–water partition coefficient (Wildman–Crippen LogP) is 0.886. The number of nitrogens with two attached hydrogens (primary N) is 1. The average Bonchev–Trinajstić information content (AvgIpc) is 2.53. The number of aliphatic hydroxyl groups excluding tert-OH is 1. The second-order valence-corrected chi connectivity index (χ2v) is 4.25. The Kier molecular flexibility index (Phi) is 1.69. The van der Waals surface area contributed by atoms with Crippen molar-refractivity contribution < 1.29 is 5.11 Å². The van der Waals surface area contributed by atoms with Gasteiger partial charge in [-0.15, -0.1) is 0 Å². The van der Waals surface area contributed by atoms with Crippen LogP contribution in [0.4, 0.5) is 0 Å². The first-order chi connectivity index (χ1) is 5.26. The molecular weight excluding hydrogens is 138 g/mol. The van der Waals surface area contributed by atoms with Crippen molar-refractivity contribution >= 4 is 0 Å². The SMILES string of the molecule is NC1(CO)CC1C1CCCC1. The monoisotopic (exact) mass is 155 g/mol. The maximum Gasteiger partial charge on any atom is 0.0614 e. The summed E-state index contributed by atoms with van der Waals surface area (Å²) in [6.07, 6.45) is 6.52. The van der Waals surface area contributed by atoms with E-state index < -0.39 is 0 Å². The van der Waals surface area contributed by atoms with E-state index in [1.165, 1.54) is 25.7 Å². The Balaban J connectivity index is 1.89. The zero-order valence-corrected chi connectivity index (χ0v) is 6.92. The molecule has 3 N–H and O–H groups in total. The zero-order valence-electron chi connectivity index (χ0n) is 6.92. The first-order valence-corrected chi connectivity index (χ1v) is 4.66. The van der Waals surface area contributed by atoms with Gasteiger partial charge in [-0.05, 0) is 18.3 Å². The molecule has 0 amide bonds. The van der Waals surface area contributed by atoms with E-state index >= 15 is 0 Å². The van der Waals surface area contributed by atoms with Gasteiger partial charge in [0.05, 0.1) is 6.61 Å². The van der Waals surface area contributed by atoms with Crippen LogP contribution >= 0.6 is 0 Å². The summed E-state index contributed by atoms with van der Waals surface area (Å²) in [7, 11) is 0. The van der Waals surface area contributed by atoms with Gasteiger partial charge in [0, 0.05) is 5.54 Å². The van der Waals surface area contributed by atoms with Gasteiger partial charge < -0.3 is 10.8 Å². The van der Waals surface area contributed by atoms with E-state index in [1.807, 2.05) is 0 Å². The summed E-state index contributed by atoms with van der Waals surface area (Å²) < 4.78 is 0. The van der Waals surface area contributed by atoms with Crippen LogP contribution in [0.15, 0.2) is 0 Å². The fourth-order valence-electron chi connectivity index (χ4n) is 2.53. The molecule has 2 heteroatoms. The summed E-state index contributed by atoms with van der Waals surface area (Å²) in [5, 5.41) is 8.97. The third kappa shape index (κ3) is 1.18. The van der Waals surface area contributed by atoms with Crippen molar-refractivity contribution in [3.63, 3.8) is 0 Å². The fourth-order valence-corrected chi connectivity index (χ4v) is 2.53. The van der Waals surface area contributed by atoms with Crippen molar-refractivity contribution in [3.05, 3.63) is 0 Å². The molecule has 0 aromatic rings. The normalized spacial score (nSPS) is 44.7. The van der Waals surface area contributed by atoms with Crippen LogP contribution in [0.25, 0.3) is 0 Å². The van der Waals surface area contributed by atoms with E-state index in [1.54, 1.807) is 0 Å². The topological polar surface area (TPSA) is 46.2 Å². The van der Waals surface area contributed by atoms with Crippen LogP contribution in [-0.4, -0.2) is 17.3 Å². The number of aliphatic hydroxyl groups is 1. The van der Waals surface area contributed by atoms with Gasteiger partial charge in [0.25, 0.3) is 0 Å². The number of rotatable bonds is 2. The number of hydrogen-bond donors (Lipinski definition) is 2. The Labute approximate surface area is 67.8 Å². The lowest BCUT2D eigenvalue weighted by Gasteiger charge is -2.12. The minimum Gasteiger partial charge on any atom is -0.394 e. The van der Waals surface area contributed by atoms with Gasteiger partial charge in [-0.2, -0.15) is 0 Å². The molecule has 0 spiro atoms. The quantitative estimate of drug-likeness (QED) is 0.622. The smallest absolute Gasteiger partial charge is 0.0614 e. The second kappa shape index (κ2) is 2.46. The van der Waals surface area contributed by atoms with Gasteiger partial charge >= 0.3 is 0 Å². The summed E-state index contributed by atoms with van der Waals surface area (Å²) in [6.45, 7) is 0.189. The highest BCUT2D eigenvalue weighted by Gasteiger charge is 2.54. The van der Waals surface area contributed by atoms with Gasteiger partial charge in [-0.25, -0.2) is 0 Å². The van der Waals surface area contributed by atoms with Crippen LogP contribution in [0.2, 0.25) is 0 Å². The lowest BCUT2D eigenvalue weighted by Crippen LogP contribution is -2.31. The zero-order chi connectivity index (χ0) is 7.90. The standard InChI is InChI=1S/C9H17NO/c10-9(6-11)5-8(9)7-3-1-2-4-7/h7-8,11H,1-6,10H2. The highest BCUT2D eigenvalue weighted by molar-refractivity contribution is 5.10. The molecule has 11 heavy (non-hydrogen) atoms. The van der Waals surface area contributed by atoms with Crippen molar-refractivity contribution in [1.29, 1.82) is 0 Å². The molecule has 2 rings (SSSR count). The Morgan fingerprint density at radius 3 is 2.45 bits per heavy atom. The van der Waals surface area contributed by atoms with Crippen LogP contribution in [-0.2, 0) is 0 Å². The number of hydrogen-bond acceptors (Lipinski definition) is 2. The molecule has 2 aliphatic carbocycles. The lowest BCUT2D eigenvalue weighted by atomic mass is 9.99. The molecule has 0 aromatic heterocycles. The minimum absolute atomic E-state index is 0.172. The summed E-state index contributed by atoms with van der Waals surface area (Å²) in [4.78, 5) is 0. The highest BCUT2D eigenvalue weighted by Crippen LogP contribution is 2.51.